The Morgan fingerprint density at radius 2 is 1.87 bits per heavy atom. The van der Waals surface area contributed by atoms with Crippen molar-refractivity contribution in [2.75, 3.05) is 27.2 Å². The van der Waals surface area contributed by atoms with Crippen molar-refractivity contribution in [3.05, 3.63) is 59.7 Å². The van der Waals surface area contributed by atoms with Crippen LogP contribution in [0.4, 0.5) is 0 Å². The summed E-state index contributed by atoms with van der Waals surface area (Å²) in [6, 6.07) is 16.9. The molecule has 0 radical (unpaired) electrons. The molecule has 2 aromatic carbocycles. The number of benzene rings is 2. The first-order valence-electron chi connectivity index (χ1n) is 7.84. The maximum absolute atomic E-state index is 6.54. The Morgan fingerprint density at radius 1 is 1.13 bits per heavy atom. The standard InChI is InChI=1S/C19H21NO2.ClH/c1-20-12-11-19(14-7-9-15(21-2)10-8-14)17(13-20)16-5-3-4-6-18(16)22-19;/h3-10,17H,11-13H2,1-2H3;1H/t17-,19+;/m1./s1. The van der Waals surface area contributed by atoms with Crippen LogP contribution in [0.3, 0.4) is 0 Å². The van der Waals surface area contributed by atoms with Crippen LogP contribution >= 0.6 is 12.4 Å². The van der Waals surface area contributed by atoms with E-state index in [0.29, 0.717) is 5.92 Å². The van der Waals surface area contributed by atoms with Gasteiger partial charge in [-0.2, -0.15) is 0 Å². The van der Waals surface area contributed by atoms with Crippen LogP contribution in [0.1, 0.15) is 23.5 Å². The highest BCUT2D eigenvalue weighted by Crippen LogP contribution is 2.54. The molecule has 0 aromatic heterocycles. The Hall–Kier alpha value is -1.71. The third-order valence-corrected chi connectivity index (χ3v) is 5.09. The van der Waals surface area contributed by atoms with Crippen LogP contribution < -0.4 is 9.47 Å². The van der Waals surface area contributed by atoms with E-state index in [4.69, 9.17) is 9.47 Å². The fraction of sp³-hybridized carbons (Fsp3) is 0.368. The minimum Gasteiger partial charge on any atom is -0.497 e. The molecule has 23 heavy (non-hydrogen) atoms. The largest absolute Gasteiger partial charge is 0.497 e. The molecule has 0 unspecified atom stereocenters. The molecule has 122 valence electrons. The monoisotopic (exact) mass is 331 g/mol. The molecule has 0 aliphatic carbocycles. The fourth-order valence-electron chi connectivity index (χ4n) is 3.89. The van der Waals surface area contributed by atoms with E-state index >= 15 is 0 Å². The van der Waals surface area contributed by atoms with Crippen LogP contribution in [0.5, 0.6) is 11.5 Å². The van der Waals surface area contributed by atoms with Gasteiger partial charge in [0, 0.05) is 31.0 Å². The average molecular weight is 332 g/mol. The minimum absolute atomic E-state index is 0. The second-order valence-electron chi connectivity index (χ2n) is 6.32. The van der Waals surface area contributed by atoms with Crippen LogP contribution in [0.25, 0.3) is 0 Å². The number of hydrogen-bond acceptors (Lipinski definition) is 3. The number of piperidine rings is 1. The molecule has 0 amide bonds. The maximum Gasteiger partial charge on any atom is 0.143 e. The lowest BCUT2D eigenvalue weighted by atomic mass is 9.74. The van der Waals surface area contributed by atoms with Crippen molar-refractivity contribution >= 4 is 12.4 Å². The summed E-state index contributed by atoms with van der Waals surface area (Å²) in [5.41, 5.74) is 2.36. The predicted molar refractivity (Wildman–Crippen MR) is 93.8 cm³/mol. The minimum atomic E-state index is -0.234. The Kier molecular flexibility index (Phi) is 4.26. The van der Waals surface area contributed by atoms with Gasteiger partial charge in [0.1, 0.15) is 17.1 Å². The number of para-hydroxylation sites is 1. The first-order chi connectivity index (χ1) is 10.7. The van der Waals surface area contributed by atoms with Crippen molar-refractivity contribution in [3.8, 4) is 11.5 Å². The van der Waals surface area contributed by atoms with Crippen molar-refractivity contribution in [2.24, 2.45) is 0 Å². The number of ether oxygens (including phenoxy) is 2. The van der Waals surface area contributed by atoms with Crippen LogP contribution in [0.15, 0.2) is 48.5 Å². The SMILES string of the molecule is COc1ccc([C@@]23CCN(C)C[C@@H]2c2ccccc2O3)cc1.Cl. The highest BCUT2D eigenvalue weighted by atomic mass is 35.5. The van der Waals surface area contributed by atoms with E-state index in [1.807, 2.05) is 12.1 Å². The second-order valence-corrected chi connectivity index (χ2v) is 6.32. The van der Waals surface area contributed by atoms with Crippen LogP contribution in [0, 0.1) is 0 Å². The highest BCUT2D eigenvalue weighted by molar-refractivity contribution is 5.85. The third-order valence-electron chi connectivity index (χ3n) is 5.09. The highest BCUT2D eigenvalue weighted by Gasteiger charge is 2.51. The van der Waals surface area contributed by atoms with E-state index in [2.05, 4.69) is 48.3 Å². The quantitative estimate of drug-likeness (QED) is 0.835. The lowest BCUT2D eigenvalue weighted by molar-refractivity contribution is 0.00700. The Morgan fingerprint density at radius 3 is 2.61 bits per heavy atom. The van der Waals surface area contributed by atoms with Gasteiger partial charge in [-0.05, 0) is 30.8 Å². The number of nitrogens with zero attached hydrogens (tertiary/aromatic N) is 1. The average Bonchev–Trinajstić information content (AvgIpc) is 2.90. The van der Waals surface area contributed by atoms with Gasteiger partial charge in [0.05, 0.1) is 7.11 Å². The molecule has 0 bridgehead atoms. The lowest BCUT2D eigenvalue weighted by Gasteiger charge is -2.42. The molecule has 3 nitrogen and oxygen atoms in total. The zero-order chi connectivity index (χ0) is 15.2. The summed E-state index contributed by atoms with van der Waals surface area (Å²) >= 11 is 0. The smallest absolute Gasteiger partial charge is 0.143 e. The summed E-state index contributed by atoms with van der Waals surface area (Å²) < 4.78 is 11.8. The summed E-state index contributed by atoms with van der Waals surface area (Å²) in [6.07, 6.45) is 1.01. The fourth-order valence-corrected chi connectivity index (χ4v) is 3.89. The van der Waals surface area contributed by atoms with Crippen LogP contribution in [-0.4, -0.2) is 32.1 Å². The maximum atomic E-state index is 6.54. The number of likely N-dealkylation sites (N-methyl/N-ethyl adjacent to an activating group) is 1. The van der Waals surface area contributed by atoms with Crippen molar-refractivity contribution < 1.29 is 9.47 Å². The molecule has 1 saturated heterocycles. The van der Waals surface area contributed by atoms with E-state index in [9.17, 15) is 0 Å². The number of methoxy groups -OCH3 is 1. The third kappa shape index (κ3) is 2.48. The van der Waals surface area contributed by atoms with E-state index in [0.717, 1.165) is 31.0 Å². The predicted octanol–water partition coefficient (Wildman–Crippen LogP) is 3.82. The number of hydrogen-bond donors (Lipinski definition) is 0. The van der Waals surface area contributed by atoms with E-state index in [-0.39, 0.29) is 18.0 Å². The van der Waals surface area contributed by atoms with Gasteiger partial charge < -0.3 is 14.4 Å². The van der Waals surface area contributed by atoms with Crippen molar-refractivity contribution in [1.82, 2.24) is 4.90 Å². The zero-order valence-corrected chi connectivity index (χ0v) is 14.3. The van der Waals surface area contributed by atoms with Crippen molar-refractivity contribution in [3.63, 3.8) is 0 Å². The molecule has 2 atom stereocenters. The van der Waals surface area contributed by atoms with Gasteiger partial charge in [-0.25, -0.2) is 0 Å². The molecule has 4 rings (SSSR count). The first kappa shape index (κ1) is 16.2. The van der Waals surface area contributed by atoms with Crippen LogP contribution in [-0.2, 0) is 5.60 Å². The zero-order valence-electron chi connectivity index (χ0n) is 13.5. The number of likely N-dealkylation sites (tertiary alicyclic amines) is 1. The summed E-state index contributed by atoms with van der Waals surface area (Å²) in [5.74, 6) is 2.31. The molecule has 4 heteroatoms. The summed E-state index contributed by atoms with van der Waals surface area (Å²) in [5, 5.41) is 0. The molecule has 0 spiro atoms. The van der Waals surface area contributed by atoms with Gasteiger partial charge in [0.25, 0.3) is 0 Å². The molecule has 0 N–H and O–H groups in total. The Balaban J connectivity index is 0.00000156. The van der Waals surface area contributed by atoms with Crippen LogP contribution in [0.2, 0.25) is 0 Å². The van der Waals surface area contributed by atoms with Gasteiger partial charge in [-0.1, -0.05) is 30.3 Å². The van der Waals surface area contributed by atoms with Gasteiger partial charge in [-0.15, -0.1) is 12.4 Å². The van der Waals surface area contributed by atoms with Gasteiger partial charge in [0.15, 0.2) is 0 Å². The Bertz CT molecular complexity index is 688. The molecule has 2 aliphatic heterocycles. The van der Waals surface area contributed by atoms with E-state index < -0.39 is 0 Å². The summed E-state index contributed by atoms with van der Waals surface area (Å²) in [7, 11) is 3.90. The summed E-state index contributed by atoms with van der Waals surface area (Å²) in [4.78, 5) is 2.40. The van der Waals surface area contributed by atoms with Gasteiger partial charge in [-0.3, -0.25) is 0 Å². The molecule has 2 heterocycles. The van der Waals surface area contributed by atoms with Crippen molar-refractivity contribution in [1.29, 1.82) is 0 Å². The Labute approximate surface area is 143 Å². The number of fused-ring (bicyclic) bond motifs is 3. The van der Waals surface area contributed by atoms with Gasteiger partial charge in [0.2, 0.25) is 0 Å². The molecule has 2 aliphatic rings. The van der Waals surface area contributed by atoms with Gasteiger partial charge >= 0.3 is 0 Å². The lowest BCUT2D eigenvalue weighted by Crippen LogP contribution is -2.47. The number of rotatable bonds is 2. The number of halogens is 1. The first-order valence-corrected chi connectivity index (χ1v) is 7.84. The summed E-state index contributed by atoms with van der Waals surface area (Å²) in [6.45, 7) is 2.08. The second kappa shape index (κ2) is 6.06. The molecule has 1 fully saturated rings. The topological polar surface area (TPSA) is 21.7 Å². The molecular formula is C19H22ClNO2. The van der Waals surface area contributed by atoms with E-state index in [1.165, 1.54) is 11.1 Å². The molecule has 2 aromatic rings. The molecular weight excluding hydrogens is 310 g/mol. The van der Waals surface area contributed by atoms with Crippen molar-refractivity contribution in [2.45, 2.75) is 17.9 Å². The normalized spacial score (nSPS) is 25.7. The molecule has 0 saturated carbocycles. The van der Waals surface area contributed by atoms with E-state index in [1.54, 1.807) is 7.11 Å².